The molecule has 3 N–H and O–H groups in total. The van der Waals surface area contributed by atoms with Gasteiger partial charge in [0.15, 0.2) is 0 Å². The van der Waals surface area contributed by atoms with Gasteiger partial charge in [0.1, 0.15) is 0 Å². The van der Waals surface area contributed by atoms with E-state index in [1.165, 1.54) is 6.07 Å². The minimum absolute atomic E-state index is 0.185. The summed E-state index contributed by atoms with van der Waals surface area (Å²) in [5.74, 6) is -1.69. The molecular weight excluding hydrogens is 240 g/mol. The normalized spacial score (nSPS) is 10.9. The number of carbonyl (C=O) groups is 2. The predicted molar refractivity (Wildman–Crippen MR) is 63.0 cm³/mol. The summed E-state index contributed by atoms with van der Waals surface area (Å²) in [4.78, 5) is 23.7. The third-order valence-electron chi connectivity index (χ3n) is 2.01. The van der Waals surface area contributed by atoms with Crippen molar-refractivity contribution in [3.05, 3.63) is 35.4 Å². The number of aliphatic hydroxyl groups is 1. The van der Waals surface area contributed by atoms with Crippen molar-refractivity contribution < 1.29 is 29.9 Å². The molecule has 1 unspecified atom stereocenters. The molecular formula is C12H16O6. The van der Waals surface area contributed by atoms with Crippen molar-refractivity contribution in [2.24, 2.45) is 0 Å². The second-order valence-electron chi connectivity index (χ2n) is 3.41. The Hall–Kier alpha value is -1.92. The van der Waals surface area contributed by atoms with Crippen LogP contribution in [0.5, 0.6) is 0 Å². The number of benzene rings is 1. The summed E-state index contributed by atoms with van der Waals surface area (Å²) >= 11 is 0. The Morgan fingerprint density at radius 1 is 1.33 bits per heavy atom. The zero-order chi connectivity index (χ0) is 14.1. The molecule has 1 aromatic carbocycles. The zero-order valence-electron chi connectivity index (χ0n) is 10.2. The van der Waals surface area contributed by atoms with Crippen molar-refractivity contribution in [1.29, 1.82) is 0 Å². The fourth-order valence-electron chi connectivity index (χ4n) is 1.24. The van der Waals surface area contributed by atoms with Crippen LogP contribution in [0.15, 0.2) is 24.3 Å². The lowest BCUT2D eigenvalue weighted by Gasteiger charge is -2.11. The van der Waals surface area contributed by atoms with Gasteiger partial charge in [0.2, 0.25) is 0 Å². The van der Waals surface area contributed by atoms with Crippen molar-refractivity contribution >= 4 is 11.9 Å². The molecule has 1 atom stereocenters. The second-order valence-corrected chi connectivity index (χ2v) is 3.41. The van der Waals surface area contributed by atoms with Crippen LogP contribution in [-0.2, 0) is 9.68 Å². The molecule has 0 spiro atoms. The molecule has 0 radical (unpaired) electrons. The van der Waals surface area contributed by atoms with E-state index in [-0.39, 0.29) is 5.56 Å². The van der Waals surface area contributed by atoms with Crippen molar-refractivity contribution in [1.82, 2.24) is 0 Å². The molecule has 6 nitrogen and oxygen atoms in total. The first-order valence-electron chi connectivity index (χ1n) is 5.26. The Bertz CT molecular complexity index is 397. The van der Waals surface area contributed by atoms with Gasteiger partial charge in [-0.1, -0.05) is 25.1 Å². The second kappa shape index (κ2) is 8.21. The summed E-state index contributed by atoms with van der Waals surface area (Å²) in [5, 5.41) is 25.2. The summed E-state index contributed by atoms with van der Waals surface area (Å²) in [6.45, 7) is 2.88. The van der Waals surface area contributed by atoms with Crippen LogP contribution in [0.4, 0.5) is 0 Å². The highest BCUT2D eigenvalue weighted by Crippen LogP contribution is 2.20. The molecule has 0 saturated carbocycles. The van der Waals surface area contributed by atoms with Crippen LogP contribution < -0.4 is 0 Å². The van der Waals surface area contributed by atoms with Gasteiger partial charge in [-0.05, 0) is 18.1 Å². The lowest BCUT2D eigenvalue weighted by atomic mass is 10.0. The highest BCUT2D eigenvalue weighted by atomic mass is 17.1. The third-order valence-corrected chi connectivity index (χ3v) is 2.01. The molecule has 1 rings (SSSR count). The molecule has 0 bridgehead atoms. The Balaban J connectivity index is 0.000000631. The van der Waals surface area contributed by atoms with Gasteiger partial charge in [0.05, 0.1) is 11.7 Å². The topological polar surface area (TPSA) is 104 Å². The van der Waals surface area contributed by atoms with Crippen LogP contribution in [0.3, 0.4) is 0 Å². The average Bonchev–Trinajstić information content (AvgIpc) is 2.36. The lowest BCUT2D eigenvalue weighted by Crippen LogP contribution is -2.08. The Labute approximate surface area is 104 Å². The summed E-state index contributed by atoms with van der Waals surface area (Å²) in [6, 6.07) is 6.47. The first-order valence-corrected chi connectivity index (χ1v) is 5.26. The molecule has 0 aliphatic rings. The number of hydrogen-bond acceptors (Lipinski definition) is 5. The average molecular weight is 256 g/mol. The Morgan fingerprint density at radius 2 is 1.83 bits per heavy atom. The fraction of sp³-hybridized carbons (Fsp3) is 0.333. The van der Waals surface area contributed by atoms with Crippen LogP contribution in [0, 0.1) is 0 Å². The maximum absolute atomic E-state index is 11.1. The first kappa shape index (κ1) is 16.1. The number of carboxylic acids is 1. The SMILES string of the molecule is CC(=O)O.CCC(O)c1ccccc1C(=O)OO. The molecule has 1 aromatic rings. The van der Waals surface area contributed by atoms with Gasteiger partial charge in [0, 0.05) is 6.92 Å². The van der Waals surface area contributed by atoms with Crippen LogP contribution in [-0.4, -0.2) is 27.4 Å². The Kier molecular flexibility index (Phi) is 7.34. The van der Waals surface area contributed by atoms with E-state index in [2.05, 4.69) is 4.89 Å². The van der Waals surface area contributed by atoms with Crippen molar-refractivity contribution in [3.8, 4) is 0 Å². The summed E-state index contributed by atoms with van der Waals surface area (Å²) in [7, 11) is 0. The van der Waals surface area contributed by atoms with E-state index in [0.717, 1.165) is 6.92 Å². The molecule has 0 aliphatic heterocycles. The van der Waals surface area contributed by atoms with E-state index in [1.807, 2.05) is 0 Å². The fourth-order valence-corrected chi connectivity index (χ4v) is 1.24. The van der Waals surface area contributed by atoms with E-state index >= 15 is 0 Å². The highest BCUT2D eigenvalue weighted by Gasteiger charge is 2.16. The summed E-state index contributed by atoms with van der Waals surface area (Å²) in [6.07, 6.45) is -0.222. The number of aliphatic carboxylic acids is 1. The first-order chi connectivity index (χ1) is 8.43. The van der Waals surface area contributed by atoms with E-state index in [4.69, 9.17) is 15.2 Å². The minimum Gasteiger partial charge on any atom is -0.481 e. The van der Waals surface area contributed by atoms with Crippen molar-refractivity contribution in [2.75, 3.05) is 0 Å². The summed E-state index contributed by atoms with van der Waals surface area (Å²) < 4.78 is 0. The van der Waals surface area contributed by atoms with Crippen LogP contribution >= 0.6 is 0 Å². The number of rotatable bonds is 3. The van der Waals surface area contributed by atoms with Gasteiger partial charge < -0.3 is 10.2 Å². The largest absolute Gasteiger partial charge is 0.481 e. The highest BCUT2D eigenvalue weighted by molar-refractivity contribution is 5.90. The lowest BCUT2D eigenvalue weighted by molar-refractivity contribution is -0.183. The molecule has 0 aromatic heterocycles. The predicted octanol–water partition coefficient (Wildman–Crippen LogP) is 1.85. The van der Waals surface area contributed by atoms with Crippen LogP contribution in [0.25, 0.3) is 0 Å². The van der Waals surface area contributed by atoms with Gasteiger partial charge >= 0.3 is 5.97 Å². The number of carbonyl (C=O) groups excluding carboxylic acids is 1. The van der Waals surface area contributed by atoms with Gasteiger partial charge in [-0.15, -0.1) is 0 Å². The molecule has 18 heavy (non-hydrogen) atoms. The van der Waals surface area contributed by atoms with Crippen LogP contribution in [0.1, 0.15) is 42.3 Å². The molecule has 100 valence electrons. The van der Waals surface area contributed by atoms with Crippen molar-refractivity contribution in [2.45, 2.75) is 26.4 Å². The van der Waals surface area contributed by atoms with Gasteiger partial charge in [-0.3, -0.25) is 9.68 Å². The molecule has 0 amide bonds. The van der Waals surface area contributed by atoms with E-state index < -0.39 is 18.0 Å². The molecule has 6 heteroatoms. The number of aliphatic hydroxyl groups excluding tert-OH is 1. The minimum atomic E-state index is -0.854. The van der Waals surface area contributed by atoms with Gasteiger partial charge in [0.25, 0.3) is 5.97 Å². The van der Waals surface area contributed by atoms with Crippen molar-refractivity contribution in [3.63, 3.8) is 0 Å². The molecule has 0 fully saturated rings. The monoisotopic (exact) mass is 256 g/mol. The molecule has 0 heterocycles. The molecule has 0 saturated heterocycles. The van der Waals surface area contributed by atoms with Crippen LogP contribution in [0.2, 0.25) is 0 Å². The van der Waals surface area contributed by atoms with E-state index in [0.29, 0.717) is 12.0 Å². The standard InChI is InChI=1S/C10H12O4.C2H4O2/c1-2-9(11)7-5-3-4-6-8(7)10(12)14-13;1-2(3)4/h3-6,9,11,13H,2H2,1H3;1H3,(H,3,4). The van der Waals surface area contributed by atoms with E-state index in [9.17, 15) is 9.90 Å². The smallest absolute Gasteiger partial charge is 0.373 e. The number of carboxylic acid groups (broad SMARTS) is 1. The van der Waals surface area contributed by atoms with Gasteiger partial charge in [-0.2, -0.15) is 5.26 Å². The Morgan fingerprint density at radius 3 is 2.28 bits per heavy atom. The molecule has 0 aliphatic carbocycles. The zero-order valence-corrected chi connectivity index (χ0v) is 10.2. The maximum Gasteiger partial charge on any atom is 0.373 e. The summed E-state index contributed by atoms with van der Waals surface area (Å²) in [5.41, 5.74) is 0.651. The quantitative estimate of drug-likeness (QED) is 0.563. The third kappa shape index (κ3) is 5.42. The maximum atomic E-state index is 11.1. The number of hydrogen-bond donors (Lipinski definition) is 3. The van der Waals surface area contributed by atoms with Gasteiger partial charge in [-0.25, -0.2) is 4.79 Å². The van der Waals surface area contributed by atoms with E-state index in [1.54, 1.807) is 25.1 Å².